The van der Waals surface area contributed by atoms with Crippen molar-refractivity contribution in [3.63, 3.8) is 0 Å². The van der Waals surface area contributed by atoms with Crippen LogP contribution in [-0.4, -0.2) is 5.71 Å². The summed E-state index contributed by atoms with van der Waals surface area (Å²) in [5.41, 5.74) is -0.899. The summed E-state index contributed by atoms with van der Waals surface area (Å²) in [4.78, 5) is 5.09. The van der Waals surface area contributed by atoms with Crippen LogP contribution in [0.1, 0.15) is 24.5 Å². The molecule has 2 aromatic rings. The average Bonchev–Trinajstić information content (AvgIpc) is 2.48. The summed E-state index contributed by atoms with van der Waals surface area (Å²) >= 11 is 5.80. The van der Waals surface area contributed by atoms with E-state index in [1.54, 1.807) is 6.92 Å². The molecular formula is C16H12ClF4NO. The zero-order valence-corrected chi connectivity index (χ0v) is 12.7. The molecule has 0 N–H and O–H groups in total. The molecule has 122 valence electrons. The highest BCUT2D eigenvalue weighted by Gasteiger charge is 2.34. The van der Waals surface area contributed by atoms with Gasteiger partial charge in [0, 0.05) is 10.6 Å². The van der Waals surface area contributed by atoms with Gasteiger partial charge in [0.1, 0.15) is 5.82 Å². The Morgan fingerprint density at radius 1 is 1.13 bits per heavy atom. The van der Waals surface area contributed by atoms with E-state index >= 15 is 0 Å². The first kappa shape index (κ1) is 17.3. The molecule has 0 aliphatic heterocycles. The Morgan fingerprint density at radius 3 is 2.35 bits per heavy atom. The monoisotopic (exact) mass is 345 g/mol. The third-order valence-electron chi connectivity index (χ3n) is 3.01. The Morgan fingerprint density at radius 2 is 1.78 bits per heavy atom. The Labute approximate surface area is 135 Å². The van der Waals surface area contributed by atoms with Gasteiger partial charge in [0.25, 0.3) is 0 Å². The standard InChI is InChI=1S/C16H12ClF4NO/c1-2-15(22-23-12-6-4-11(18)5-7-12)13-9-10(17)3-8-14(13)16(19,20)21/h3-9H,2H2,1H3. The number of nitrogens with zero attached hydrogens (tertiary/aromatic N) is 1. The molecule has 0 saturated carbocycles. The van der Waals surface area contributed by atoms with Crippen LogP contribution in [0.3, 0.4) is 0 Å². The Balaban J connectivity index is 2.38. The van der Waals surface area contributed by atoms with Crippen LogP contribution in [0.4, 0.5) is 17.6 Å². The van der Waals surface area contributed by atoms with Gasteiger partial charge in [0.05, 0.1) is 11.3 Å². The fraction of sp³-hybridized carbons (Fsp3) is 0.188. The lowest BCUT2D eigenvalue weighted by Crippen LogP contribution is -2.14. The number of oxime groups is 1. The molecule has 0 atom stereocenters. The number of alkyl halides is 3. The van der Waals surface area contributed by atoms with Gasteiger partial charge in [-0.1, -0.05) is 23.7 Å². The highest BCUT2D eigenvalue weighted by molar-refractivity contribution is 6.31. The number of benzene rings is 2. The summed E-state index contributed by atoms with van der Waals surface area (Å²) in [6.07, 6.45) is -4.34. The largest absolute Gasteiger partial charge is 0.417 e. The molecule has 0 aliphatic carbocycles. The topological polar surface area (TPSA) is 21.6 Å². The predicted molar refractivity (Wildman–Crippen MR) is 80.3 cm³/mol. The highest BCUT2D eigenvalue weighted by Crippen LogP contribution is 2.34. The summed E-state index contributed by atoms with van der Waals surface area (Å²) in [6, 6.07) is 8.25. The molecule has 0 fully saturated rings. The van der Waals surface area contributed by atoms with E-state index in [0.717, 1.165) is 18.2 Å². The molecule has 0 heterocycles. The normalized spacial score (nSPS) is 12.3. The molecule has 0 amide bonds. The molecule has 7 heteroatoms. The smallest absolute Gasteiger partial charge is 0.357 e. The van der Waals surface area contributed by atoms with Crippen molar-refractivity contribution in [1.29, 1.82) is 0 Å². The molecule has 0 aliphatic rings. The fourth-order valence-electron chi connectivity index (χ4n) is 1.91. The van der Waals surface area contributed by atoms with Gasteiger partial charge < -0.3 is 4.84 Å². The predicted octanol–water partition coefficient (Wildman–Crippen LogP) is 5.69. The number of halogens is 5. The van der Waals surface area contributed by atoms with Gasteiger partial charge in [-0.25, -0.2) is 4.39 Å². The molecule has 2 rings (SSSR count). The van der Waals surface area contributed by atoms with Gasteiger partial charge in [0.2, 0.25) is 0 Å². The second-order valence-electron chi connectivity index (χ2n) is 4.62. The van der Waals surface area contributed by atoms with Gasteiger partial charge in [-0.05, 0) is 48.9 Å². The van der Waals surface area contributed by atoms with E-state index in [1.807, 2.05) is 0 Å². The van der Waals surface area contributed by atoms with Crippen molar-refractivity contribution in [2.75, 3.05) is 0 Å². The fourth-order valence-corrected chi connectivity index (χ4v) is 2.08. The van der Waals surface area contributed by atoms with Crippen LogP contribution in [-0.2, 0) is 6.18 Å². The zero-order valence-electron chi connectivity index (χ0n) is 12.0. The Hall–Kier alpha value is -2.08. The number of hydrogen-bond acceptors (Lipinski definition) is 2. The van der Waals surface area contributed by atoms with Crippen LogP contribution in [0.2, 0.25) is 5.02 Å². The van der Waals surface area contributed by atoms with Crippen molar-refractivity contribution < 1.29 is 22.4 Å². The molecule has 2 nitrogen and oxygen atoms in total. The van der Waals surface area contributed by atoms with Crippen molar-refractivity contribution in [3.05, 3.63) is 64.4 Å². The van der Waals surface area contributed by atoms with E-state index in [-0.39, 0.29) is 28.5 Å². The van der Waals surface area contributed by atoms with Crippen molar-refractivity contribution >= 4 is 17.3 Å². The number of rotatable bonds is 4. The minimum Gasteiger partial charge on any atom is -0.357 e. The van der Waals surface area contributed by atoms with Gasteiger partial charge in [-0.3, -0.25) is 0 Å². The quantitative estimate of drug-likeness (QED) is 0.396. The lowest BCUT2D eigenvalue weighted by Gasteiger charge is -2.14. The van der Waals surface area contributed by atoms with Crippen LogP contribution < -0.4 is 4.84 Å². The lowest BCUT2D eigenvalue weighted by atomic mass is 10.0. The second kappa shape index (κ2) is 7.00. The Kier molecular flexibility index (Phi) is 5.26. The minimum atomic E-state index is -4.54. The second-order valence-corrected chi connectivity index (χ2v) is 5.06. The van der Waals surface area contributed by atoms with Crippen molar-refractivity contribution in [1.82, 2.24) is 0 Å². The van der Waals surface area contributed by atoms with E-state index in [1.165, 1.54) is 24.3 Å². The number of hydrogen-bond donors (Lipinski definition) is 0. The lowest BCUT2D eigenvalue weighted by molar-refractivity contribution is -0.137. The maximum atomic E-state index is 13.1. The van der Waals surface area contributed by atoms with E-state index in [9.17, 15) is 17.6 Å². The molecule has 23 heavy (non-hydrogen) atoms. The summed E-state index contributed by atoms with van der Waals surface area (Å²) in [5, 5.41) is 3.93. The molecule has 0 saturated heterocycles. The van der Waals surface area contributed by atoms with Gasteiger partial charge in [-0.2, -0.15) is 13.2 Å². The summed E-state index contributed by atoms with van der Waals surface area (Å²) in [5.74, 6) is -0.237. The molecular weight excluding hydrogens is 334 g/mol. The third kappa shape index (κ3) is 4.45. The van der Waals surface area contributed by atoms with Gasteiger partial charge >= 0.3 is 6.18 Å². The first-order valence-corrected chi connectivity index (χ1v) is 7.05. The molecule has 0 bridgehead atoms. The van der Waals surface area contributed by atoms with E-state index < -0.39 is 17.6 Å². The average molecular weight is 346 g/mol. The first-order chi connectivity index (χ1) is 10.8. The van der Waals surface area contributed by atoms with Crippen LogP contribution in [0.25, 0.3) is 0 Å². The molecule has 0 radical (unpaired) electrons. The minimum absolute atomic E-state index is 0.0872. The van der Waals surface area contributed by atoms with Crippen molar-refractivity contribution in [2.24, 2.45) is 5.16 Å². The van der Waals surface area contributed by atoms with Crippen molar-refractivity contribution in [2.45, 2.75) is 19.5 Å². The maximum Gasteiger partial charge on any atom is 0.417 e. The summed E-state index contributed by atoms with van der Waals surface area (Å²) < 4.78 is 52.1. The van der Waals surface area contributed by atoms with Crippen LogP contribution in [0, 0.1) is 5.82 Å². The van der Waals surface area contributed by atoms with Gasteiger partial charge in [0.15, 0.2) is 5.75 Å². The van der Waals surface area contributed by atoms with Crippen LogP contribution in [0.15, 0.2) is 47.6 Å². The van der Waals surface area contributed by atoms with Gasteiger partial charge in [-0.15, -0.1) is 0 Å². The SMILES string of the molecule is CCC(=NOc1ccc(F)cc1)c1cc(Cl)ccc1C(F)(F)F. The molecule has 0 unspecified atom stereocenters. The van der Waals surface area contributed by atoms with E-state index in [2.05, 4.69) is 5.16 Å². The van der Waals surface area contributed by atoms with Crippen LogP contribution >= 0.6 is 11.6 Å². The zero-order chi connectivity index (χ0) is 17.0. The summed E-state index contributed by atoms with van der Waals surface area (Å²) in [7, 11) is 0. The molecule has 2 aromatic carbocycles. The summed E-state index contributed by atoms with van der Waals surface area (Å²) in [6.45, 7) is 1.65. The third-order valence-corrected chi connectivity index (χ3v) is 3.24. The Bertz CT molecular complexity index is 711. The van der Waals surface area contributed by atoms with E-state index in [4.69, 9.17) is 16.4 Å². The molecule has 0 aromatic heterocycles. The van der Waals surface area contributed by atoms with E-state index in [0.29, 0.717) is 0 Å². The highest BCUT2D eigenvalue weighted by atomic mass is 35.5. The molecule has 0 spiro atoms. The maximum absolute atomic E-state index is 13.1. The first-order valence-electron chi connectivity index (χ1n) is 6.68. The van der Waals surface area contributed by atoms with Crippen LogP contribution in [0.5, 0.6) is 5.75 Å². The van der Waals surface area contributed by atoms with Crippen molar-refractivity contribution in [3.8, 4) is 5.75 Å².